The van der Waals surface area contributed by atoms with Crippen LogP contribution in [0.4, 0.5) is 0 Å². The Labute approximate surface area is 79.7 Å². The number of likely N-dealkylation sites (tertiary alicyclic amines) is 1. The highest BCUT2D eigenvalue weighted by Gasteiger charge is 2.22. The zero-order valence-corrected chi connectivity index (χ0v) is 8.49. The van der Waals surface area contributed by atoms with Gasteiger partial charge in [0.25, 0.3) is 0 Å². The third-order valence-electron chi connectivity index (χ3n) is 2.78. The van der Waals surface area contributed by atoms with Crippen molar-refractivity contribution >= 4 is 5.97 Å². The fourth-order valence-corrected chi connectivity index (χ4v) is 2.01. The van der Waals surface area contributed by atoms with Gasteiger partial charge in [-0.05, 0) is 32.2 Å². The number of carboxylic acids is 1. The van der Waals surface area contributed by atoms with Gasteiger partial charge in [0.15, 0.2) is 0 Å². The van der Waals surface area contributed by atoms with Crippen LogP contribution >= 0.6 is 0 Å². The van der Waals surface area contributed by atoms with Crippen molar-refractivity contribution in [1.29, 1.82) is 0 Å². The van der Waals surface area contributed by atoms with E-state index in [0.29, 0.717) is 0 Å². The highest BCUT2D eigenvalue weighted by atomic mass is 16.4. The summed E-state index contributed by atoms with van der Waals surface area (Å²) in [7, 11) is 0. The highest BCUT2D eigenvalue weighted by Crippen LogP contribution is 2.18. The van der Waals surface area contributed by atoms with Gasteiger partial charge < -0.3 is 5.11 Å². The van der Waals surface area contributed by atoms with Crippen LogP contribution in [0.5, 0.6) is 0 Å². The van der Waals surface area contributed by atoms with Gasteiger partial charge in [-0.3, -0.25) is 9.69 Å². The maximum Gasteiger partial charge on any atom is 0.304 e. The minimum absolute atomic E-state index is 0.195. The lowest BCUT2D eigenvalue weighted by atomic mass is 9.98. The summed E-state index contributed by atoms with van der Waals surface area (Å²) in [6.07, 6.45) is 2.77. The van der Waals surface area contributed by atoms with Crippen LogP contribution in [0.2, 0.25) is 0 Å². The largest absolute Gasteiger partial charge is 0.481 e. The monoisotopic (exact) mass is 185 g/mol. The number of piperidine rings is 1. The minimum atomic E-state index is -0.689. The molecule has 2 atom stereocenters. The van der Waals surface area contributed by atoms with E-state index in [1.165, 1.54) is 12.8 Å². The number of rotatable bonds is 3. The van der Waals surface area contributed by atoms with Crippen LogP contribution in [0, 0.1) is 5.92 Å². The van der Waals surface area contributed by atoms with Crippen molar-refractivity contribution in [1.82, 2.24) is 4.90 Å². The molecular weight excluding hydrogens is 166 g/mol. The number of carbonyl (C=O) groups is 1. The molecule has 1 aliphatic rings. The summed E-state index contributed by atoms with van der Waals surface area (Å²) in [6.45, 7) is 6.37. The molecule has 3 nitrogen and oxygen atoms in total. The van der Waals surface area contributed by atoms with Crippen LogP contribution in [-0.2, 0) is 4.79 Å². The second kappa shape index (κ2) is 4.61. The molecule has 1 fully saturated rings. The van der Waals surface area contributed by atoms with Gasteiger partial charge in [-0.25, -0.2) is 0 Å². The van der Waals surface area contributed by atoms with Gasteiger partial charge in [-0.1, -0.05) is 6.92 Å². The molecule has 1 N–H and O–H groups in total. The maximum absolute atomic E-state index is 10.5. The Hall–Kier alpha value is -0.570. The molecule has 1 heterocycles. The molecule has 0 saturated carbocycles. The van der Waals surface area contributed by atoms with Gasteiger partial charge in [0, 0.05) is 12.6 Å². The van der Waals surface area contributed by atoms with Crippen molar-refractivity contribution in [3.63, 3.8) is 0 Å². The average molecular weight is 185 g/mol. The molecule has 0 spiro atoms. The van der Waals surface area contributed by atoms with Gasteiger partial charge in [0.05, 0.1) is 6.42 Å². The van der Waals surface area contributed by atoms with E-state index in [1.807, 2.05) is 6.92 Å². The quantitative estimate of drug-likeness (QED) is 0.725. The molecule has 0 aromatic rings. The first-order chi connectivity index (χ1) is 6.09. The molecular formula is C10H19NO2. The van der Waals surface area contributed by atoms with Crippen molar-refractivity contribution in [3.05, 3.63) is 0 Å². The number of nitrogens with zero attached hydrogens (tertiary/aromatic N) is 1. The Bertz CT molecular complexity index is 182. The van der Waals surface area contributed by atoms with Crippen molar-refractivity contribution in [2.75, 3.05) is 13.1 Å². The van der Waals surface area contributed by atoms with Crippen LogP contribution in [0.3, 0.4) is 0 Å². The van der Waals surface area contributed by atoms with Crippen LogP contribution in [0.15, 0.2) is 0 Å². The highest BCUT2D eigenvalue weighted by molar-refractivity contribution is 5.67. The molecule has 0 amide bonds. The summed E-state index contributed by atoms with van der Waals surface area (Å²) in [5.41, 5.74) is 0. The second-order valence-corrected chi connectivity index (χ2v) is 4.19. The summed E-state index contributed by atoms with van der Waals surface area (Å²) < 4.78 is 0. The van der Waals surface area contributed by atoms with E-state index in [4.69, 9.17) is 5.11 Å². The molecule has 1 rings (SSSR count). The maximum atomic E-state index is 10.5. The predicted octanol–water partition coefficient (Wildman–Crippen LogP) is 1.58. The summed E-state index contributed by atoms with van der Waals surface area (Å²) in [5, 5.41) is 8.65. The minimum Gasteiger partial charge on any atom is -0.481 e. The Kier molecular flexibility index (Phi) is 3.72. The van der Waals surface area contributed by atoms with Crippen LogP contribution in [-0.4, -0.2) is 35.1 Å². The average Bonchev–Trinajstić information content (AvgIpc) is 2.03. The van der Waals surface area contributed by atoms with E-state index in [0.717, 1.165) is 19.0 Å². The summed E-state index contributed by atoms with van der Waals surface area (Å²) in [5.74, 6) is 0.0377. The fraction of sp³-hybridized carbons (Fsp3) is 0.900. The first-order valence-corrected chi connectivity index (χ1v) is 5.05. The van der Waals surface area contributed by atoms with E-state index < -0.39 is 5.97 Å². The number of hydrogen-bond donors (Lipinski definition) is 1. The van der Waals surface area contributed by atoms with E-state index in [-0.39, 0.29) is 12.5 Å². The first-order valence-electron chi connectivity index (χ1n) is 5.05. The summed E-state index contributed by atoms with van der Waals surface area (Å²) in [6, 6.07) is 0.195. The number of hydrogen-bond acceptors (Lipinski definition) is 2. The topological polar surface area (TPSA) is 40.5 Å². The number of carboxylic acid groups (broad SMARTS) is 1. The molecule has 76 valence electrons. The van der Waals surface area contributed by atoms with Crippen molar-refractivity contribution < 1.29 is 9.90 Å². The van der Waals surface area contributed by atoms with Crippen LogP contribution in [0.1, 0.15) is 33.1 Å². The molecule has 0 unspecified atom stereocenters. The summed E-state index contributed by atoms with van der Waals surface area (Å²) in [4.78, 5) is 12.8. The standard InChI is InChI=1S/C10H19NO2/c1-8-4-3-5-11(7-8)9(2)6-10(12)13/h8-9H,3-7H2,1-2H3,(H,12,13)/t8-,9+/m1/s1. The lowest BCUT2D eigenvalue weighted by Gasteiger charge is -2.34. The van der Waals surface area contributed by atoms with Crippen LogP contribution < -0.4 is 0 Å². The molecule has 3 heteroatoms. The molecule has 0 radical (unpaired) electrons. The van der Waals surface area contributed by atoms with Gasteiger partial charge in [0.2, 0.25) is 0 Å². The van der Waals surface area contributed by atoms with Gasteiger partial charge in [-0.2, -0.15) is 0 Å². The molecule has 1 aliphatic heterocycles. The van der Waals surface area contributed by atoms with Gasteiger partial charge in [-0.15, -0.1) is 0 Å². The number of aliphatic carboxylic acids is 1. The molecule has 13 heavy (non-hydrogen) atoms. The predicted molar refractivity (Wildman–Crippen MR) is 51.7 cm³/mol. The molecule has 0 aliphatic carbocycles. The fourth-order valence-electron chi connectivity index (χ4n) is 2.01. The van der Waals surface area contributed by atoms with Crippen molar-refractivity contribution in [3.8, 4) is 0 Å². The first kappa shape index (κ1) is 10.5. The lowest BCUT2D eigenvalue weighted by Crippen LogP contribution is -2.41. The lowest BCUT2D eigenvalue weighted by molar-refractivity contribution is -0.138. The Morgan fingerprint density at radius 3 is 2.92 bits per heavy atom. The second-order valence-electron chi connectivity index (χ2n) is 4.19. The Balaban J connectivity index is 2.36. The van der Waals surface area contributed by atoms with Crippen molar-refractivity contribution in [2.45, 2.75) is 39.2 Å². The Morgan fingerprint density at radius 2 is 2.38 bits per heavy atom. The molecule has 0 aromatic heterocycles. The van der Waals surface area contributed by atoms with E-state index >= 15 is 0 Å². The van der Waals surface area contributed by atoms with Crippen LogP contribution in [0.25, 0.3) is 0 Å². The Morgan fingerprint density at radius 1 is 1.69 bits per heavy atom. The van der Waals surface area contributed by atoms with E-state index in [9.17, 15) is 4.79 Å². The third-order valence-corrected chi connectivity index (χ3v) is 2.78. The normalized spacial score (nSPS) is 27.1. The molecule has 0 bridgehead atoms. The smallest absolute Gasteiger partial charge is 0.304 e. The zero-order valence-electron chi connectivity index (χ0n) is 8.49. The SMILES string of the molecule is C[C@@H]1CCCN([C@@H](C)CC(=O)O)C1. The van der Waals surface area contributed by atoms with E-state index in [1.54, 1.807) is 0 Å². The zero-order chi connectivity index (χ0) is 9.84. The van der Waals surface area contributed by atoms with E-state index in [2.05, 4.69) is 11.8 Å². The molecule has 1 saturated heterocycles. The summed E-state index contributed by atoms with van der Waals surface area (Å²) >= 11 is 0. The van der Waals surface area contributed by atoms with Crippen molar-refractivity contribution in [2.24, 2.45) is 5.92 Å². The van der Waals surface area contributed by atoms with Gasteiger partial charge in [0.1, 0.15) is 0 Å². The third kappa shape index (κ3) is 3.35. The molecule has 0 aromatic carbocycles. The van der Waals surface area contributed by atoms with Gasteiger partial charge >= 0.3 is 5.97 Å².